The summed E-state index contributed by atoms with van der Waals surface area (Å²) in [5.41, 5.74) is 3.03. The van der Waals surface area contributed by atoms with Crippen molar-refractivity contribution >= 4 is 34.7 Å². The van der Waals surface area contributed by atoms with Crippen LogP contribution in [0.15, 0.2) is 63.0 Å². The Morgan fingerprint density at radius 2 is 1.85 bits per heavy atom. The fourth-order valence-corrected chi connectivity index (χ4v) is 4.19. The lowest BCUT2D eigenvalue weighted by molar-refractivity contribution is 0.385. The van der Waals surface area contributed by atoms with Crippen LogP contribution >= 0.6 is 34.7 Å². The van der Waals surface area contributed by atoms with E-state index in [0.717, 1.165) is 26.4 Å². The molecule has 0 saturated carbocycles. The van der Waals surface area contributed by atoms with Gasteiger partial charge < -0.3 is 4.52 Å². The number of benzene rings is 1. The molecule has 0 bridgehead atoms. The van der Waals surface area contributed by atoms with Crippen LogP contribution in [0.3, 0.4) is 0 Å². The van der Waals surface area contributed by atoms with Crippen LogP contribution in [-0.4, -0.2) is 20.1 Å². The molecule has 5 nitrogen and oxygen atoms in total. The number of pyridine rings is 1. The van der Waals surface area contributed by atoms with Crippen molar-refractivity contribution in [2.45, 2.75) is 16.5 Å². The molecule has 3 heterocycles. The molecule has 0 atom stereocenters. The number of hydrogen-bond acceptors (Lipinski definition) is 7. The lowest BCUT2D eigenvalue weighted by atomic mass is 10.2. The maximum Gasteiger partial charge on any atom is 0.233 e. The number of hydrogen-bond donors (Lipinski definition) is 0. The predicted octanol–water partition coefficient (Wildman–Crippen LogP) is 5.12. The molecule has 0 fully saturated rings. The Kier molecular flexibility index (Phi) is 5.29. The fraction of sp³-hybridized carbons (Fsp3) is 0.111. The third kappa shape index (κ3) is 4.30. The van der Waals surface area contributed by atoms with E-state index in [0.29, 0.717) is 18.1 Å². The van der Waals surface area contributed by atoms with Crippen LogP contribution < -0.4 is 0 Å². The first-order valence-electron chi connectivity index (χ1n) is 7.81. The van der Waals surface area contributed by atoms with Gasteiger partial charge in [0.15, 0.2) is 0 Å². The maximum atomic E-state index is 5.91. The summed E-state index contributed by atoms with van der Waals surface area (Å²) in [7, 11) is 0. The normalized spacial score (nSPS) is 11.0. The summed E-state index contributed by atoms with van der Waals surface area (Å²) in [6.45, 7) is 0. The predicted molar refractivity (Wildman–Crippen MR) is 103 cm³/mol. The molecule has 4 aromatic rings. The minimum Gasteiger partial charge on any atom is -0.339 e. The molecule has 1 aromatic carbocycles. The third-order valence-corrected chi connectivity index (χ3v) is 5.94. The second kappa shape index (κ2) is 7.99. The summed E-state index contributed by atoms with van der Waals surface area (Å²) < 4.78 is 6.35. The summed E-state index contributed by atoms with van der Waals surface area (Å²) in [4.78, 5) is 13.1. The van der Waals surface area contributed by atoms with Gasteiger partial charge in [-0.15, -0.1) is 11.3 Å². The van der Waals surface area contributed by atoms with Gasteiger partial charge in [0.25, 0.3) is 0 Å². The van der Waals surface area contributed by atoms with Crippen molar-refractivity contribution in [2.24, 2.45) is 0 Å². The van der Waals surface area contributed by atoms with Gasteiger partial charge in [-0.05, 0) is 29.8 Å². The molecule has 0 unspecified atom stereocenters. The molecule has 0 aliphatic rings. The van der Waals surface area contributed by atoms with E-state index in [4.69, 9.17) is 16.1 Å². The number of thioether (sulfide) groups is 1. The lowest BCUT2D eigenvalue weighted by Gasteiger charge is -1.98. The molecule has 0 spiro atoms. The van der Waals surface area contributed by atoms with Gasteiger partial charge in [-0.2, -0.15) is 4.98 Å². The van der Waals surface area contributed by atoms with Gasteiger partial charge in [0, 0.05) is 34.1 Å². The van der Waals surface area contributed by atoms with Crippen molar-refractivity contribution in [3.63, 3.8) is 0 Å². The Morgan fingerprint density at radius 3 is 2.65 bits per heavy atom. The quantitative estimate of drug-likeness (QED) is 0.418. The van der Waals surface area contributed by atoms with Crippen molar-refractivity contribution in [1.29, 1.82) is 0 Å². The molecule has 0 amide bonds. The van der Waals surface area contributed by atoms with E-state index in [1.54, 1.807) is 35.5 Å². The molecule has 3 aromatic heterocycles. The number of halogens is 1. The SMILES string of the molecule is Clc1ccc(CSc2nc(Cc3nc(-c4ccncc4)no3)cs2)cc1. The average molecular weight is 401 g/mol. The Morgan fingerprint density at radius 1 is 1.04 bits per heavy atom. The molecular weight excluding hydrogens is 388 g/mol. The molecule has 0 radical (unpaired) electrons. The van der Waals surface area contributed by atoms with Gasteiger partial charge in [0.05, 0.1) is 12.1 Å². The summed E-state index contributed by atoms with van der Waals surface area (Å²) in [6.07, 6.45) is 3.93. The molecule has 130 valence electrons. The maximum absolute atomic E-state index is 5.91. The minimum absolute atomic E-state index is 0.524. The number of aromatic nitrogens is 4. The Hall–Kier alpha value is -2.22. The van der Waals surface area contributed by atoms with Crippen molar-refractivity contribution in [3.8, 4) is 11.4 Å². The summed E-state index contributed by atoms with van der Waals surface area (Å²) in [5, 5.41) is 6.80. The van der Waals surface area contributed by atoms with Crippen LogP contribution in [0.25, 0.3) is 11.4 Å². The molecule has 26 heavy (non-hydrogen) atoms. The Bertz CT molecular complexity index is 986. The molecule has 0 aliphatic carbocycles. The highest BCUT2D eigenvalue weighted by molar-refractivity contribution is 8.00. The van der Waals surface area contributed by atoms with Crippen LogP contribution in [0.4, 0.5) is 0 Å². The van der Waals surface area contributed by atoms with Crippen LogP contribution in [0, 0.1) is 0 Å². The second-order valence-electron chi connectivity index (χ2n) is 5.44. The van der Waals surface area contributed by atoms with Crippen LogP contribution in [-0.2, 0) is 12.2 Å². The monoisotopic (exact) mass is 400 g/mol. The van der Waals surface area contributed by atoms with Gasteiger partial charge in [0.2, 0.25) is 11.7 Å². The standard InChI is InChI=1S/C18H13ClN4OS2/c19-14-3-1-12(2-4-14)10-25-18-21-15(11-26-18)9-16-22-17(23-24-16)13-5-7-20-8-6-13/h1-8,11H,9-10H2. The van der Waals surface area contributed by atoms with E-state index >= 15 is 0 Å². The molecule has 0 aliphatic heterocycles. The van der Waals surface area contributed by atoms with Gasteiger partial charge in [0.1, 0.15) is 4.34 Å². The van der Waals surface area contributed by atoms with Crippen molar-refractivity contribution in [3.05, 3.63) is 76.3 Å². The third-order valence-electron chi connectivity index (χ3n) is 3.55. The van der Waals surface area contributed by atoms with E-state index < -0.39 is 0 Å². The fourth-order valence-electron chi connectivity index (χ4n) is 2.26. The zero-order valence-electron chi connectivity index (χ0n) is 13.5. The molecular formula is C18H13ClN4OS2. The molecule has 0 N–H and O–H groups in total. The average Bonchev–Trinajstić information content (AvgIpc) is 3.32. The molecule has 0 saturated heterocycles. The smallest absolute Gasteiger partial charge is 0.233 e. The zero-order valence-corrected chi connectivity index (χ0v) is 15.9. The second-order valence-corrected chi connectivity index (χ2v) is 7.96. The lowest BCUT2D eigenvalue weighted by Crippen LogP contribution is -1.89. The van der Waals surface area contributed by atoms with Crippen LogP contribution in [0.1, 0.15) is 17.1 Å². The van der Waals surface area contributed by atoms with Gasteiger partial charge in [-0.25, -0.2) is 4.98 Å². The first-order valence-corrected chi connectivity index (χ1v) is 10.1. The topological polar surface area (TPSA) is 64.7 Å². The first kappa shape index (κ1) is 17.2. The summed E-state index contributed by atoms with van der Waals surface area (Å²) in [5.74, 6) is 1.97. The highest BCUT2D eigenvalue weighted by Crippen LogP contribution is 2.27. The largest absolute Gasteiger partial charge is 0.339 e. The number of nitrogens with zero attached hydrogens (tertiary/aromatic N) is 4. The van der Waals surface area contributed by atoms with Crippen molar-refractivity contribution in [1.82, 2.24) is 20.1 Å². The molecule has 8 heteroatoms. The van der Waals surface area contributed by atoms with Crippen LogP contribution in [0.2, 0.25) is 5.02 Å². The van der Waals surface area contributed by atoms with Crippen LogP contribution in [0.5, 0.6) is 0 Å². The highest BCUT2D eigenvalue weighted by atomic mass is 35.5. The van der Waals surface area contributed by atoms with Gasteiger partial charge in [-0.3, -0.25) is 4.98 Å². The van der Waals surface area contributed by atoms with Crippen molar-refractivity contribution in [2.75, 3.05) is 0 Å². The Labute approximate surface area is 163 Å². The summed E-state index contributed by atoms with van der Waals surface area (Å²) in [6, 6.07) is 11.6. The highest BCUT2D eigenvalue weighted by Gasteiger charge is 2.11. The molecule has 4 rings (SSSR count). The summed E-state index contributed by atoms with van der Waals surface area (Å²) >= 11 is 9.24. The van der Waals surface area contributed by atoms with E-state index in [2.05, 4.69) is 20.1 Å². The Balaban J connectivity index is 1.38. The minimum atomic E-state index is 0.524. The zero-order chi connectivity index (χ0) is 17.8. The van der Waals surface area contributed by atoms with E-state index in [9.17, 15) is 0 Å². The van der Waals surface area contributed by atoms with Crippen molar-refractivity contribution < 1.29 is 4.52 Å². The van der Waals surface area contributed by atoms with Gasteiger partial charge >= 0.3 is 0 Å². The van der Waals surface area contributed by atoms with E-state index in [1.807, 2.05) is 41.8 Å². The number of rotatable bonds is 6. The van der Waals surface area contributed by atoms with E-state index in [1.165, 1.54) is 5.56 Å². The number of thiazole rings is 1. The first-order chi connectivity index (χ1) is 12.8. The van der Waals surface area contributed by atoms with Gasteiger partial charge in [-0.1, -0.05) is 40.7 Å². The van der Waals surface area contributed by atoms with E-state index in [-0.39, 0.29) is 0 Å².